The molecule has 200 valence electrons. The molecule has 0 spiro atoms. The first-order valence-corrected chi connectivity index (χ1v) is 16.7. The molecule has 8 atom stereocenters. The number of hydrogen-bond donors (Lipinski definition) is 1. The van der Waals surface area contributed by atoms with Crippen molar-refractivity contribution in [1.82, 2.24) is 0 Å². The number of fused-ring (bicyclic) bond motifs is 2. The largest absolute Gasteiger partial charge is 0.481 e. The Morgan fingerprint density at radius 2 is 1.97 bits per heavy atom. The predicted octanol–water partition coefficient (Wildman–Crippen LogP) is 5.35. The Morgan fingerprint density at radius 1 is 1.28 bits per heavy atom. The van der Waals surface area contributed by atoms with Crippen LogP contribution in [0.3, 0.4) is 0 Å². The van der Waals surface area contributed by atoms with E-state index in [0.717, 1.165) is 31.1 Å². The molecule has 4 aliphatic carbocycles. The molecular weight excluding hydrogens is 468 g/mol. The summed E-state index contributed by atoms with van der Waals surface area (Å²) in [7, 11) is -1.24. The molecule has 3 saturated carbocycles. The van der Waals surface area contributed by atoms with Crippen LogP contribution < -0.4 is 0 Å². The highest BCUT2D eigenvalue weighted by Gasteiger charge is 2.84. The van der Waals surface area contributed by atoms with Crippen molar-refractivity contribution in [3.8, 4) is 11.8 Å². The van der Waals surface area contributed by atoms with E-state index in [1.807, 2.05) is 0 Å². The van der Waals surface area contributed by atoms with Gasteiger partial charge in [-0.25, -0.2) is 0 Å². The van der Waals surface area contributed by atoms with Crippen LogP contribution >= 0.6 is 0 Å². The fourth-order valence-electron chi connectivity index (χ4n) is 8.78. The number of aliphatic carboxylic acids is 1. The number of carboxylic acids is 1. The number of hydrogen-bond acceptors (Lipinski definition) is 4. The first-order chi connectivity index (χ1) is 16.8. The maximum absolute atomic E-state index is 13.4. The average Bonchev–Trinajstić information content (AvgIpc) is 3.34. The lowest BCUT2D eigenvalue weighted by atomic mass is 9.43. The van der Waals surface area contributed by atoms with E-state index in [2.05, 4.69) is 72.6 Å². The van der Waals surface area contributed by atoms with Gasteiger partial charge in [-0.2, -0.15) is 0 Å². The first kappa shape index (κ1) is 27.6. The summed E-state index contributed by atoms with van der Waals surface area (Å²) in [5.41, 5.74) is -1.75. The second kappa shape index (κ2) is 9.40. The van der Waals surface area contributed by atoms with Gasteiger partial charge in [0.15, 0.2) is 9.04 Å². The fraction of sp³-hybridized carbons (Fsp3) is 0.800. The second-order valence-electron chi connectivity index (χ2n) is 13.7. The summed E-state index contributed by atoms with van der Waals surface area (Å²) < 4.78 is 12.5. The summed E-state index contributed by atoms with van der Waals surface area (Å²) in [4.78, 5) is 26.5. The van der Waals surface area contributed by atoms with E-state index < -0.39 is 31.3 Å². The first-order valence-electron chi connectivity index (χ1n) is 13.9. The zero-order valence-electron chi connectivity index (χ0n) is 23.5. The van der Waals surface area contributed by atoms with Crippen molar-refractivity contribution in [3.05, 3.63) is 11.6 Å². The molecule has 4 rings (SSSR count). The van der Waals surface area contributed by atoms with Gasteiger partial charge in [-0.05, 0) is 67.4 Å². The molecule has 0 aromatic carbocycles. The lowest BCUT2D eigenvalue weighted by molar-refractivity contribution is -0.186. The van der Waals surface area contributed by atoms with Crippen molar-refractivity contribution in [3.63, 3.8) is 0 Å². The number of ether oxygens (including phenoxy) is 1. The topological polar surface area (TPSA) is 72.8 Å². The maximum Gasteiger partial charge on any atom is 0.315 e. The molecule has 0 aromatic heterocycles. The van der Waals surface area contributed by atoms with E-state index in [4.69, 9.17) is 9.16 Å². The molecular formula is C30H46O5Si. The fourth-order valence-corrected chi connectivity index (χ4v) is 9.80. The number of aldehydes is 1. The summed E-state index contributed by atoms with van der Waals surface area (Å²) in [5, 5.41) is 11.0. The third-order valence-electron chi connectivity index (χ3n) is 10.1. The molecule has 0 aromatic rings. The molecule has 0 radical (unpaired) electrons. The van der Waals surface area contributed by atoms with E-state index in [1.54, 1.807) is 0 Å². The van der Waals surface area contributed by atoms with Gasteiger partial charge in [-0.15, -0.1) is 0 Å². The van der Waals surface area contributed by atoms with Crippen LogP contribution in [-0.4, -0.2) is 45.7 Å². The Labute approximate surface area is 219 Å². The van der Waals surface area contributed by atoms with Gasteiger partial charge in [0.25, 0.3) is 0 Å². The van der Waals surface area contributed by atoms with Crippen LogP contribution in [0.2, 0.25) is 13.1 Å². The SMILES string of the molecule is CC(C)C1=CC2CC3(C=O)C4CCC(C)C4CC2(COCC#CC(O[SiH](C)C)C(C)(C)C)C13C(=O)O. The van der Waals surface area contributed by atoms with Crippen molar-refractivity contribution in [2.75, 3.05) is 13.2 Å². The van der Waals surface area contributed by atoms with Crippen molar-refractivity contribution in [2.24, 2.45) is 51.2 Å². The van der Waals surface area contributed by atoms with Crippen LogP contribution in [0.4, 0.5) is 0 Å². The Bertz CT molecular complexity index is 984. The number of carbonyl (C=O) groups excluding carboxylic acids is 1. The lowest BCUT2D eigenvalue weighted by Gasteiger charge is -2.58. The summed E-state index contributed by atoms with van der Waals surface area (Å²) in [6.07, 6.45) is 6.62. The number of carboxylic acid groups (broad SMARTS) is 1. The van der Waals surface area contributed by atoms with Gasteiger partial charge in [0.1, 0.15) is 24.4 Å². The Kier molecular flexibility index (Phi) is 7.21. The molecule has 0 aliphatic heterocycles. The van der Waals surface area contributed by atoms with Crippen LogP contribution in [0.15, 0.2) is 11.6 Å². The Balaban J connectivity index is 1.67. The zero-order valence-corrected chi connectivity index (χ0v) is 24.7. The van der Waals surface area contributed by atoms with Gasteiger partial charge in [-0.1, -0.05) is 71.5 Å². The van der Waals surface area contributed by atoms with E-state index in [9.17, 15) is 14.7 Å². The maximum atomic E-state index is 13.4. The average molecular weight is 515 g/mol. The minimum Gasteiger partial charge on any atom is -0.481 e. The highest BCUT2D eigenvalue weighted by Crippen LogP contribution is 2.82. The van der Waals surface area contributed by atoms with Gasteiger partial charge in [0, 0.05) is 5.41 Å². The Hall–Kier alpha value is -1.42. The molecule has 4 bridgehead atoms. The molecule has 0 saturated heterocycles. The standard InChI is InChI=1S/C30H46O5Si/c1-19(2)24-14-21-15-28(17-31)23-12-11-20(3)22(23)16-29(21,30(24,28)26(32)33)18-34-13-9-10-25(27(4,5)6)35-36(7)8/h14,17,19-23,25,36H,11-13,15-16,18H2,1-8H3,(H,32,33). The van der Waals surface area contributed by atoms with Crippen LogP contribution in [0, 0.1) is 63.1 Å². The molecule has 36 heavy (non-hydrogen) atoms. The molecule has 0 heterocycles. The summed E-state index contributed by atoms with van der Waals surface area (Å²) in [6, 6.07) is 0. The summed E-state index contributed by atoms with van der Waals surface area (Å²) in [5.74, 6) is 6.79. The molecule has 3 fully saturated rings. The van der Waals surface area contributed by atoms with Gasteiger partial charge in [-0.3, -0.25) is 4.79 Å². The van der Waals surface area contributed by atoms with Gasteiger partial charge >= 0.3 is 5.97 Å². The minimum absolute atomic E-state index is 0.0551. The summed E-state index contributed by atoms with van der Waals surface area (Å²) in [6.45, 7) is 17.7. The van der Waals surface area contributed by atoms with Crippen molar-refractivity contribution in [1.29, 1.82) is 0 Å². The third kappa shape index (κ3) is 3.71. The molecule has 5 nitrogen and oxygen atoms in total. The van der Waals surface area contributed by atoms with E-state index in [1.165, 1.54) is 0 Å². The van der Waals surface area contributed by atoms with Crippen LogP contribution in [0.1, 0.15) is 67.2 Å². The molecule has 8 unspecified atom stereocenters. The molecule has 0 amide bonds. The molecule has 4 aliphatic rings. The lowest BCUT2D eigenvalue weighted by Crippen LogP contribution is -2.63. The van der Waals surface area contributed by atoms with Crippen molar-refractivity contribution < 1.29 is 23.9 Å². The second-order valence-corrected chi connectivity index (χ2v) is 16.1. The third-order valence-corrected chi connectivity index (χ3v) is 10.9. The van der Waals surface area contributed by atoms with Crippen molar-refractivity contribution >= 4 is 21.3 Å². The van der Waals surface area contributed by atoms with Gasteiger partial charge < -0.3 is 19.1 Å². The van der Waals surface area contributed by atoms with E-state index >= 15 is 0 Å². The minimum atomic E-state index is -1.24. The van der Waals surface area contributed by atoms with Gasteiger partial charge in [0.05, 0.1) is 12.0 Å². The number of allylic oxidation sites excluding steroid dienone is 1. The predicted molar refractivity (Wildman–Crippen MR) is 144 cm³/mol. The van der Waals surface area contributed by atoms with Gasteiger partial charge in [0.2, 0.25) is 0 Å². The van der Waals surface area contributed by atoms with Crippen molar-refractivity contribution in [2.45, 2.75) is 86.4 Å². The van der Waals surface area contributed by atoms with E-state index in [-0.39, 0.29) is 35.9 Å². The van der Waals surface area contributed by atoms with Crippen LogP contribution in [0.5, 0.6) is 0 Å². The monoisotopic (exact) mass is 514 g/mol. The van der Waals surface area contributed by atoms with Crippen LogP contribution in [-0.2, 0) is 18.8 Å². The number of rotatable bonds is 8. The molecule has 6 heteroatoms. The summed E-state index contributed by atoms with van der Waals surface area (Å²) >= 11 is 0. The zero-order chi connectivity index (χ0) is 26.7. The highest BCUT2D eigenvalue weighted by atomic mass is 28.3. The molecule has 1 N–H and O–H groups in total. The Morgan fingerprint density at radius 3 is 2.53 bits per heavy atom. The quantitative estimate of drug-likeness (QED) is 0.155. The van der Waals surface area contributed by atoms with E-state index in [0.29, 0.717) is 24.9 Å². The highest BCUT2D eigenvalue weighted by molar-refractivity contribution is 6.48. The smallest absolute Gasteiger partial charge is 0.315 e. The van der Waals surface area contributed by atoms with Crippen LogP contribution in [0.25, 0.3) is 0 Å². The normalized spacial score (nSPS) is 39.6. The number of carbonyl (C=O) groups is 2.